The molecule has 1 atom stereocenters. The van der Waals surface area contributed by atoms with Crippen LogP contribution in [0.3, 0.4) is 0 Å². The van der Waals surface area contributed by atoms with Crippen molar-refractivity contribution < 1.29 is 9.32 Å². The van der Waals surface area contributed by atoms with Crippen molar-refractivity contribution in [1.29, 1.82) is 0 Å². The van der Waals surface area contributed by atoms with E-state index in [0.29, 0.717) is 17.3 Å². The third-order valence-corrected chi connectivity index (χ3v) is 5.05. The third kappa shape index (κ3) is 4.12. The van der Waals surface area contributed by atoms with Crippen LogP contribution in [0.2, 0.25) is 0 Å². The molecule has 1 N–H and O–H groups in total. The molecule has 144 valence electrons. The molecule has 6 heteroatoms. The Bertz CT molecular complexity index is 965. The Kier molecular flexibility index (Phi) is 5.21. The maximum atomic E-state index is 12.6. The van der Waals surface area contributed by atoms with Gasteiger partial charge in [-0.05, 0) is 36.6 Å². The lowest BCUT2D eigenvalue weighted by Crippen LogP contribution is -2.43. The van der Waals surface area contributed by atoms with E-state index >= 15 is 0 Å². The van der Waals surface area contributed by atoms with Crippen LogP contribution in [-0.4, -0.2) is 40.1 Å². The molecule has 3 aromatic rings. The van der Waals surface area contributed by atoms with Gasteiger partial charge in [-0.1, -0.05) is 41.6 Å². The molecule has 1 amide bonds. The second-order valence-electron chi connectivity index (χ2n) is 7.34. The van der Waals surface area contributed by atoms with Gasteiger partial charge in [-0.15, -0.1) is 0 Å². The predicted molar refractivity (Wildman–Crippen MR) is 107 cm³/mol. The fourth-order valence-electron chi connectivity index (χ4n) is 3.64. The van der Waals surface area contributed by atoms with Crippen LogP contribution in [0.15, 0.2) is 53.1 Å². The normalized spacial score (nSPS) is 15.1. The lowest BCUT2D eigenvalue weighted by Gasteiger charge is -2.31. The van der Waals surface area contributed by atoms with Crippen molar-refractivity contribution in [2.24, 2.45) is 0 Å². The molecule has 0 bridgehead atoms. The second kappa shape index (κ2) is 7.94. The van der Waals surface area contributed by atoms with Crippen molar-refractivity contribution in [3.8, 4) is 11.4 Å². The highest BCUT2D eigenvalue weighted by Gasteiger charge is 2.19. The molecule has 1 aliphatic heterocycles. The Hall–Kier alpha value is -2.99. The van der Waals surface area contributed by atoms with Gasteiger partial charge in [-0.2, -0.15) is 4.98 Å². The summed E-state index contributed by atoms with van der Waals surface area (Å²) in [7, 11) is 0. The Morgan fingerprint density at radius 2 is 1.93 bits per heavy atom. The van der Waals surface area contributed by atoms with Crippen LogP contribution < -0.4 is 5.32 Å². The van der Waals surface area contributed by atoms with Gasteiger partial charge in [0.25, 0.3) is 5.91 Å². The summed E-state index contributed by atoms with van der Waals surface area (Å²) >= 11 is 0. The van der Waals surface area contributed by atoms with Crippen LogP contribution >= 0.6 is 0 Å². The minimum atomic E-state index is -0.0687. The number of amides is 1. The van der Waals surface area contributed by atoms with Crippen molar-refractivity contribution in [2.45, 2.75) is 32.9 Å². The van der Waals surface area contributed by atoms with Gasteiger partial charge >= 0.3 is 0 Å². The first-order valence-corrected chi connectivity index (χ1v) is 9.59. The summed E-state index contributed by atoms with van der Waals surface area (Å²) in [5, 5.41) is 7.00. The van der Waals surface area contributed by atoms with E-state index in [2.05, 4.69) is 51.5 Å². The van der Waals surface area contributed by atoms with Gasteiger partial charge in [-0.3, -0.25) is 9.69 Å². The number of rotatable bonds is 5. The lowest BCUT2D eigenvalue weighted by molar-refractivity contribution is 0.0927. The smallest absolute Gasteiger partial charge is 0.251 e. The summed E-state index contributed by atoms with van der Waals surface area (Å²) in [6, 6.07) is 15.9. The van der Waals surface area contributed by atoms with Gasteiger partial charge < -0.3 is 9.84 Å². The molecule has 0 aliphatic carbocycles. The molecule has 28 heavy (non-hydrogen) atoms. The van der Waals surface area contributed by atoms with E-state index in [4.69, 9.17) is 4.52 Å². The van der Waals surface area contributed by atoms with Crippen LogP contribution in [0.4, 0.5) is 0 Å². The first kappa shape index (κ1) is 18.4. The molecule has 1 aliphatic rings. The number of carbonyl (C=O) groups is 1. The number of aryl methyl sites for hydroxylation is 1. The number of carbonyl (C=O) groups excluding carboxylic acids is 1. The van der Waals surface area contributed by atoms with E-state index in [-0.39, 0.29) is 11.9 Å². The number of hydrogen-bond acceptors (Lipinski definition) is 5. The second-order valence-corrected chi connectivity index (χ2v) is 7.34. The van der Waals surface area contributed by atoms with Crippen molar-refractivity contribution in [2.75, 3.05) is 13.1 Å². The standard InChI is InChI=1S/C22H24N4O2/c1-15(13-26-12-11-17-5-3-4-6-20(17)14-26)23-22(27)19-9-7-18(8-10-19)21-24-16(2)28-25-21/h3-10,15H,11-14H2,1-2H3,(H,23,27)/t15-/m1/s1. The van der Waals surface area contributed by atoms with E-state index in [1.165, 1.54) is 11.1 Å². The highest BCUT2D eigenvalue weighted by Crippen LogP contribution is 2.19. The molecule has 0 unspecified atom stereocenters. The lowest BCUT2D eigenvalue weighted by atomic mass is 9.99. The van der Waals surface area contributed by atoms with E-state index in [1.807, 2.05) is 12.1 Å². The van der Waals surface area contributed by atoms with Crippen LogP contribution in [0.5, 0.6) is 0 Å². The Morgan fingerprint density at radius 1 is 1.18 bits per heavy atom. The van der Waals surface area contributed by atoms with Gasteiger partial charge in [-0.25, -0.2) is 0 Å². The Morgan fingerprint density at radius 3 is 2.64 bits per heavy atom. The third-order valence-electron chi connectivity index (χ3n) is 5.05. The first-order chi connectivity index (χ1) is 13.6. The number of aromatic nitrogens is 2. The van der Waals surface area contributed by atoms with Gasteiger partial charge in [0.2, 0.25) is 11.7 Å². The van der Waals surface area contributed by atoms with E-state index in [1.54, 1.807) is 19.1 Å². The van der Waals surface area contributed by atoms with Gasteiger partial charge in [0, 0.05) is 43.7 Å². The molecule has 0 fully saturated rings. The molecular weight excluding hydrogens is 352 g/mol. The van der Waals surface area contributed by atoms with Crippen molar-refractivity contribution in [1.82, 2.24) is 20.4 Å². The molecular formula is C22H24N4O2. The van der Waals surface area contributed by atoms with E-state index < -0.39 is 0 Å². The topological polar surface area (TPSA) is 71.3 Å². The van der Waals surface area contributed by atoms with Gasteiger partial charge in [0.15, 0.2) is 0 Å². The minimum Gasteiger partial charge on any atom is -0.348 e. The molecule has 0 saturated carbocycles. The number of nitrogens with one attached hydrogen (secondary N) is 1. The zero-order valence-corrected chi connectivity index (χ0v) is 16.2. The SMILES string of the molecule is Cc1nc(-c2ccc(C(=O)N[C@H](C)CN3CCc4ccccc4C3)cc2)no1. The highest BCUT2D eigenvalue weighted by molar-refractivity contribution is 5.94. The van der Waals surface area contributed by atoms with Gasteiger partial charge in [0.1, 0.15) is 0 Å². The zero-order chi connectivity index (χ0) is 19.5. The fourth-order valence-corrected chi connectivity index (χ4v) is 3.64. The van der Waals surface area contributed by atoms with E-state index in [9.17, 15) is 4.79 Å². The van der Waals surface area contributed by atoms with Crippen LogP contribution in [0.25, 0.3) is 11.4 Å². The summed E-state index contributed by atoms with van der Waals surface area (Å²) in [4.78, 5) is 19.2. The maximum absolute atomic E-state index is 12.6. The van der Waals surface area contributed by atoms with Crippen molar-refractivity contribution in [3.63, 3.8) is 0 Å². The maximum Gasteiger partial charge on any atom is 0.251 e. The summed E-state index contributed by atoms with van der Waals surface area (Å²) in [5.41, 5.74) is 4.28. The molecule has 2 heterocycles. The molecule has 0 spiro atoms. The Labute approximate surface area is 164 Å². The summed E-state index contributed by atoms with van der Waals surface area (Å²) in [5.74, 6) is 0.981. The number of nitrogens with zero attached hydrogens (tertiary/aromatic N) is 3. The number of fused-ring (bicyclic) bond motifs is 1. The molecule has 0 saturated heterocycles. The summed E-state index contributed by atoms with van der Waals surface area (Å²) < 4.78 is 5.00. The molecule has 4 rings (SSSR count). The predicted octanol–water partition coefficient (Wildman–Crippen LogP) is 3.22. The quantitative estimate of drug-likeness (QED) is 0.740. The van der Waals surface area contributed by atoms with Gasteiger partial charge in [0.05, 0.1) is 0 Å². The molecule has 6 nitrogen and oxygen atoms in total. The monoisotopic (exact) mass is 376 g/mol. The minimum absolute atomic E-state index is 0.0669. The summed E-state index contributed by atoms with van der Waals surface area (Å²) in [6.07, 6.45) is 1.06. The van der Waals surface area contributed by atoms with Crippen LogP contribution in [-0.2, 0) is 13.0 Å². The van der Waals surface area contributed by atoms with Crippen molar-refractivity contribution in [3.05, 3.63) is 71.1 Å². The highest BCUT2D eigenvalue weighted by atomic mass is 16.5. The zero-order valence-electron chi connectivity index (χ0n) is 16.2. The van der Waals surface area contributed by atoms with Crippen LogP contribution in [0, 0.1) is 6.92 Å². The Balaban J connectivity index is 1.33. The average Bonchev–Trinajstić information content (AvgIpc) is 3.14. The largest absolute Gasteiger partial charge is 0.348 e. The number of benzene rings is 2. The molecule has 0 radical (unpaired) electrons. The molecule has 1 aromatic heterocycles. The average molecular weight is 376 g/mol. The van der Waals surface area contributed by atoms with Crippen molar-refractivity contribution >= 4 is 5.91 Å². The van der Waals surface area contributed by atoms with Crippen LogP contribution in [0.1, 0.15) is 34.3 Å². The molecule has 2 aromatic carbocycles. The first-order valence-electron chi connectivity index (χ1n) is 9.59. The number of hydrogen-bond donors (Lipinski definition) is 1. The fraction of sp³-hybridized carbons (Fsp3) is 0.318. The summed E-state index contributed by atoms with van der Waals surface area (Å²) in [6.45, 7) is 6.60. The van der Waals surface area contributed by atoms with E-state index in [0.717, 1.165) is 31.6 Å².